The molecule has 0 atom stereocenters. The minimum atomic E-state index is -0.627. The number of halogens is 1. The zero-order chi connectivity index (χ0) is 10.7. The van der Waals surface area contributed by atoms with Gasteiger partial charge in [0.15, 0.2) is 5.81 Å². The van der Waals surface area contributed by atoms with E-state index in [0.29, 0.717) is 10.7 Å². The van der Waals surface area contributed by atoms with Crippen LogP contribution in [0.1, 0.15) is 5.56 Å². The Morgan fingerprint density at radius 1 is 1.43 bits per heavy atom. The summed E-state index contributed by atoms with van der Waals surface area (Å²) in [4.78, 5) is 10.6. The van der Waals surface area contributed by atoms with E-state index in [1.807, 2.05) is 6.92 Å². The minimum absolute atomic E-state index is 0.473. The molecule has 1 rings (SSSR count). The van der Waals surface area contributed by atoms with Crippen molar-refractivity contribution in [3.8, 4) is 0 Å². The second-order valence-corrected chi connectivity index (χ2v) is 3.29. The number of amides is 1. The van der Waals surface area contributed by atoms with Gasteiger partial charge in [-0.3, -0.25) is 4.79 Å². The standard InChI is InChI=1S/C9H10BClN2O/c1-5-3-6(11)8(13-9(10)14)4-7(5)12-2/h3-4,12H,1-2H3,(H,13,14). The highest BCUT2D eigenvalue weighted by molar-refractivity contribution is 6.60. The van der Waals surface area contributed by atoms with Crippen LogP contribution in [0.2, 0.25) is 5.02 Å². The Kier molecular flexibility index (Phi) is 3.41. The van der Waals surface area contributed by atoms with Gasteiger partial charge in [-0.1, -0.05) is 11.6 Å². The van der Waals surface area contributed by atoms with Crippen molar-refractivity contribution in [1.29, 1.82) is 0 Å². The van der Waals surface area contributed by atoms with E-state index in [1.165, 1.54) is 0 Å². The molecule has 1 aromatic carbocycles. The summed E-state index contributed by atoms with van der Waals surface area (Å²) in [5.74, 6) is -0.627. The van der Waals surface area contributed by atoms with Gasteiger partial charge in [0.05, 0.1) is 10.7 Å². The monoisotopic (exact) mass is 208 g/mol. The zero-order valence-electron chi connectivity index (χ0n) is 8.02. The Morgan fingerprint density at radius 3 is 2.57 bits per heavy atom. The maximum atomic E-state index is 10.6. The number of benzene rings is 1. The Labute approximate surface area is 89.2 Å². The van der Waals surface area contributed by atoms with Gasteiger partial charge in [0, 0.05) is 12.7 Å². The van der Waals surface area contributed by atoms with Crippen molar-refractivity contribution in [1.82, 2.24) is 0 Å². The Hall–Kier alpha value is -1.16. The molecular weight excluding hydrogens is 198 g/mol. The van der Waals surface area contributed by atoms with E-state index in [2.05, 4.69) is 10.6 Å². The largest absolute Gasteiger partial charge is 0.388 e. The second kappa shape index (κ2) is 4.37. The first-order chi connectivity index (χ1) is 6.54. The molecule has 0 spiro atoms. The Morgan fingerprint density at radius 2 is 2.07 bits per heavy atom. The van der Waals surface area contributed by atoms with E-state index in [1.54, 1.807) is 19.2 Å². The summed E-state index contributed by atoms with van der Waals surface area (Å²) in [6.45, 7) is 1.92. The summed E-state index contributed by atoms with van der Waals surface area (Å²) < 4.78 is 0. The maximum absolute atomic E-state index is 10.6. The van der Waals surface area contributed by atoms with Gasteiger partial charge in [0.1, 0.15) is 0 Å². The maximum Gasteiger partial charge on any atom is 0.201 e. The number of carbonyl (C=O) groups excluding carboxylic acids is 1. The number of anilines is 2. The van der Waals surface area contributed by atoms with Crippen molar-refractivity contribution in [2.24, 2.45) is 0 Å². The molecule has 2 radical (unpaired) electrons. The molecule has 0 saturated carbocycles. The number of hydrogen-bond acceptors (Lipinski definition) is 2. The van der Waals surface area contributed by atoms with Crippen molar-refractivity contribution < 1.29 is 4.79 Å². The van der Waals surface area contributed by atoms with Crippen molar-refractivity contribution in [2.75, 3.05) is 17.7 Å². The van der Waals surface area contributed by atoms with Gasteiger partial charge in [-0.25, -0.2) is 0 Å². The summed E-state index contributed by atoms with van der Waals surface area (Å²) in [5, 5.41) is 5.90. The predicted octanol–water partition coefficient (Wildman–Crippen LogP) is 2.39. The third-order valence-electron chi connectivity index (χ3n) is 1.84. The van der Waals surface area contributed by atoms with Gasteiger partial charge in [-0.2, -0.15) is 0 Å². The first kappa shape index (κ1) is 10.9. The van der Waals surface area contributed by atoms with Crippen molar-refractivity contribution >= 4 is 36.6 Å². The zero-order valence-corrected chi connectivity index (χ0v) is 8.77. The van der Waals surface area contributed by atoms with E-state index < -0.39 is 5.81 Å². The summed E-state index contributed by atoms with van der Waals surface area (Å²) >= 11 is 5.90. The van der Waals surface area contributed by atoms with Crippen molar-refractivity contribution in [3.63, 3.8) is 0 Å². The van der Waals surface area contributed by atoms with Crippen LogP contribution in [0.4, 0.5) is 16.2 Å². The van der Waals surface area contributed by atoms with E-state index >= 15 is 0 Å². The molecule has 0 fully saturated rings. The molecule has 0 saturated heterocycles. The molecule has 0 aliphatic heterocycles. The van der Waals surface area contributed by atoms with Gasteiger partial charge < -0.3 is 10.6 Å². The fourth-order valence-corrected chi connectivity index (χ4v) is 1.44. The molecule has 5 heteroatoms. The summed E-state index contributed by atoms with van der Waals surface area (Å²) in [7, 11) is 6.79. The van der Waals surface area contributed by atoms with Crippen molar-refractivity contribution in [2.45, 2.75) is 6.92 Å². The van der Waals surface area contributed by atoms with Gasteiger partial charge in [0.25, 0.3) is 0 Å². The number of rotatable bonds is 2. The minimum Gasteiger partial charge on any atom is -0.388 e. The van der Waals surface area contributed by atoms with E-state index in [-0.39, 0.29) is 0 Å². The molecule has 14 heavy (non-hydrogen) atoms. The lowest BCUT2D eigenvalue weighted by atomic mass is 10.1. The average molecular weight is 208 g/mol. The third-order valence-corrected chi connectivity index (χ3v) is 2.15. The van der Waals surface area contributed by atoms with Gasteiger partial charge >= 0.3 is 0 Å². The molecule has 0 unspecified atom stereocenters. The first-order valence-electron chi connectivity index (χ1n) is 4.09. The summed E-state index contributed by atoms with van der Waals surface area (Å²) in [5.41, 5.74) is 2.42. The van der Waals surface area contributed by atoms with Crippen LogP contribution < -0.4 is 10.6 Å². The van der Waals surface area contributed by atoms with E-state index in [4.69, 9.17) is 19.4 Å². The van der Waals surface area contributed by atoms with Gasteiger partial charge in [0.2, 0.25) is 7.85 Å². The molecule has 1 aromatic rings. The summed E-state index contributed by atoms with van der Waals surface area (Å²) in [6, 6.07) is 3.50. The lowest BCUT2D eigenvalue weighted by Gasteiger charge is -2.10. The topological polar surface area (TPSA) is 41.1 Å². The number of carbonyl (C=O) groups is 1. The van der Waals surface area contributed by atoms with Crippen LogP contribution >= 0.6 is 11.6 Å². The number of aryl methyl sites for hydroxylation is 1. The average Bonchev–Trinajstić information content (AvgIpc) is 2.09. The van der Waals surface area contributed by atoms with Crippen LogP contribution in [0.3, 0.4) is 0 Å². The number of nitrogens with one attached hydrogen (secondary N) is 2. The summed E-state index contributed by atoms with van der Waals surface area (Å²) in [6.07, 6.45) is 0. The Bertz CT molecular complexity index is 368. The highest BCUT2D eigenvalue weighted by Gasteiger charge is 2.05. The molecule has 0 bridgehead atoms. The third kappa shape index (κ3) is 2.42. The normalized spacial score (nSPS) is 9.64. The molecular formula is C9H10BClN2O. The highest BCUT2D eigenvalue weighted by atomic mass is 35.5. The predicted molar refractivity (Wildman–Crippen MR) is 60.5 cm³/mol. The number of hydrogen-bond donors (Lipinski definition) is 2. The van der Waals surface area contributed by atoms with Crippen LogP contribution in [-0.4, -0.2) is 20.7 Å². The highest BCUT2D eigenvalue weighted by Crippen LogP contribution is 2.28. The van der Waals surface area contributed by atoms with Crippen LogP contribution in [0.25, 0.3) is 0 Å². The molecule has 0 aliphatic rings. The van der Waals surface area contributed by atoms with Crippen LogP contribution in [-0.2, 0) is 0 Å². The van der Waals surface area contributed by atoms with E-state index in [9.17, 15) is 4.79 Å². The fourth-order valence-electron chi connectivity index (χ4n) is 1.17. The first-order valence-corrected chi connectivity index (χ1v) is 4.46. The lowest BCUT2D eigenvalue weighted by molar-refractivity contribution is 0.269. The van der Waals surface area contributed by atoms with E-state index in [0.717, 1.165) is 11.3 Å². The SMILES string of the molecule is [B]C(=O)Nc1cc(NC)c(C)cc1Cl. The molecule has 0 heterocycles. The lowest BCUT2D eigenvalue weighted by Crippen LogP contribution is -2.09. The quantitative estimate of drug-likeness (QED) is 0.733. The Balaban J connectivity index is 3.10. The van der Waals surface area contributed by atoms with Gasteiger partial charge in [-0.05, 0) is 24.6 Å². The molecule has 72 valence electrons. The fraction of sp³-hybridized carbons (Fsp3) is 0.222. The second-order valence-electron chi connectivity index (χ2n) is 2.89. The molecule has 2 N–H and O–H groups in total. The molecule has 0 aromatic heterocycles. The molecule has 3 nitrogen and oxygen atoms in total. The van der Waals surface area contributed by atoms with Crippen LogP contribution in [0.5, 0.6) is 0 Å². The molecule has 1 amide bonds. The smallest absolute Gasteiger partial charge is 0.201 e. The van der Waals surface area contributed by atoms with Crippen LogP contribution in [0.15, 0.2) is 12.1 Å². The van der Waals surface area contributed by atoms with Crippen LogP contribution in [0, 0.1) is 6.92 Å². The van der Waals surface area contributed by atoms with Gasteiger partial charge in [-0.15, -0.1) is 0 Å². The molecule has 0 aliphatic carbocycles. The van der Waals surface area contributed by atoms with Crippen molar-refractivity contribution in [3.05, 3.63) is 22.7 Å².